The summed E-state index contributed by atoms with van der Waals surface area (Å²) in [6.45, 7) is 0. The molecule has 0 aromatic carbocycles. The topological polar surface area (TPSA) is 89.5 Å². The first-order chi connectivity index (χ1) is 7.65. The Labute approximate surface area is 91.1 Å². The highest BCUT2D eigenvalue weighted by molar-refractivity contribution is 6.00. The summed E-state index contributed by atoms with van der Waals surface area (Å²) in [4.78, 5) is 26.6. The SMILES string of the molecule is CNC(=O)c1cnc2c(C(N)=O)cccn12. The Balaban J connectivity index is 2.71. The first kappa shape index (κ1) is 10.2. The molecule has 2 amide bonds. The molecule has 0 unspecified atom stereocenters. The Morgan fingerprint density at radius 1 is 1.50 bits per heavy atom. The molecule has 2 aromatic rings. The third-order valence-electron chi connectivity index (χ3n) is 2.26. The lowest BCUT2D eigenvalue weighted by Crippen LogP contribution is -2.20. The average Bonchev–Trinajstić information content (AvgIpc) is 2.71. The van der Waals surface area contributed by atoms with Gasteiger partial charge in [-0.25, -0.2) is 4.98 Å². The van der Waals surface area contributed by atoms with Gasteiger partial charge in [0.25, 0.3) is 11.8 Å². The maximum absolute atomic E-state index is 11.5. The van der Waals surface area contributed by atoms with Crippen molar-refractivity contribution >= 4 is 17.5 Å². The highest BCUT2D eigenvalue weighted by atomic mass is 16.2. The standard InChI is InChI=1S/C10H10N4O2/c1-12-10(16)7-5-13-9-6(8(11)15)3-2-4-14(7)9/h2-5H,1H3,(H2,11,15)(H,12,16). The minimum atomic E-state index is -0.570. The van der Waals surface area contributed by atoms with Crippen LogP contribution in [0.3, 0.4) is 0 Å². The molecule has 2 aromatic heterocycles. The van der Waals surface area contributed by atoms with Crippen LogP contribution in [0.2, 0.25) is 0 Å². The number of nitrogens with one attached hydrogen (secondary N) is 1. The molecular formula is C10H10N4O2. The van der Waals surface area contributed by atoms with Crippen molar-refractivity contribution in [3.8, 4) is 0 Å². The van der Waals surface area contributed by atoms with Crippen molar-refractivity contribution in [3.63, 3.8) is 0 Å². The molecule has 0 fully saturated rings. The van der Waals surface area contributed by atoms with E-state index in [9.17, 15) is 9.59 Å². The van der Waals surface area contributed by atoms with E-state index in [2.05, 4.69) is 10.3 Å². The number of fused-ring (bicyclic) bond motifs is 1. The van der Waals surface area contributed by atoms with Crippen LogP contribution in [0.1, 0.15) is 20.8 Å². The van der Waals surface area contributed by atoms with Crippen LogP contribution in [-0.4, -0.2) is 28.2 Å². The molecule has 0 aliphatic heterocycles. The van der Waals surface area contributed by atoms with E-state index in [0.29, 0.717) is 11.3 Å². The van der Waals surface area contributed by atoms with E-state index in [1.54, 1.807) is 18.3 Å². The second-order valence-electron chi connectivity index (χ2n) is 3.20. The van der Waals surface area contributed by atoms with Gasteiger partial charge in [0.05, 0.1) is 11.8 Å². The molecule has 0 radical (unpaired) electrons. The maximum atomic E-state index is 11.5. The van der Waals surface area contributed by atoms with Crippen molar-refractivity contribution in [2.45, 2.75) is 0 Å². The fraction of sp³-hybridized carbons (Fsp3) is 0.100. The van der Waals surface area contributed by atoms with E-state index in [1.807, 2.05) is 0 Å². The van der Waals surface area contributed by atoms with Gasteiger partial charge in [0.15, 0.2) is 0 Å². The van der Waals surface area contributed by atoms with Gasteiger partial charge >= 0.3 is 0 Å². The molecule has 0 bridgehead atoms. The zero-order valence-electron chi connectivity index (χ0n) is 8.60. The predicted molar refractivity (Wildman–Crippen MR) is 57.1 cm³/mol. The highest BCUT2D eigenvalue weighted by Gasteiger charge is 2.14. The first-order valence-corrected chi connectivity index (χ1v) is 4.63. The number of pyridine rings is 1. The molecule has 0 saturated carbocycles. The monoisotopic (exact) mass is 218 g/mol. The predicted octanol–water partition coefficient (Wildman–Crippen LogP) is -0.207. The van der Waals surface area contributed by atoms with Crippen LogP contribution < -0.4 is 11.1 Å². The van der Waals surface area contributed by atoms with Crippen LogP contribution in [0.25, 0.3) is 5.65 Å². The number of primary amides is 1. The van der Waals surface area contributed by atoms with Crippen LogP contribution in [0.15, 0.2) is 24.5 Å². The molecule has 3 N–H and O–H groups in total. The summed E-state index contributed by atoms with van der Waals surface area (Å²) in [7, 11) is 1.53. The van der Waals surface area contributed by atoms with Gasteiger partial charge in [0.1, 0.15) is 11.3 Å². The van der Waals surface area contributed by atoms with Crippen molar-refractivity contribution in [3.05, 3.63) is 35.8 Å². The second kappa shape index (κ2) is 3.65. The number of hydrogen-bond acceptors (Lipinski definition) is 3. The van der Waals surface area contributed by atoms with E-state index in [0.717, 1.165) is 0 Å². The molecule has 6 nitrogen and oxygen atoms in total. The average molecular weight is 218 g/mol. The Morgan fingerprint density at radius 2 is 2.25 bits per heavy atom. The van der Waals surface area contributed by atoms with Crippen LogP contribution in [0, 0.1) is 0 Å². The van der Waals surface area contributed by atoms with E-state index in [1.165, 1.54) is 17.6 Å². The van der Waals surface area contributed by atoms with Crippen LogP contribution in [0.4, 0.5) is 0 Å². The zero-order valence-corrected chi connectivity index (χ0v) is 8.60. The number of hydrogen-bond donors (Lipinski definition) is 2. The molecule has 6 heteroatoms. The van der Waals surface area contributed by atoms with Crippen molar-refractivity contribution in [2.75, 3.05) is 7.05 Å². The first-order valence-electron chi connectivity index (χ1n) is 4.63. The minimum absolute atomic E-state index is 0.269. The largest absolute Gasteiger partial charge is 0.365 e. The van der Waals surface area contributed by atoms with Gasteiger partial charge in [-0.05, 0) is 12.1 Å². The van der Waals surface area contributed by atoms with E-state index < -0.39 is 5.91 Å². The number of amides is 2. The second-order valence-corrected chi connectivity index (χ2v) is 3.20. The van der Waals surface area contributed by atoms with Gasteiger partial charge in [-0.1, -0.05) is 0 Å². The summed E-state index contributed by atoms with van der Waals surface area (Å²) in [6.07, 6.45) is 3.06. The highest BCUT2D eigenvalue weighted by Crippen LogP contribution is 2.11. The number of imidazole rings is 1. The molecule has 82 valence electrons. The molecule has 2 heterocycles. The fourth-order valence-electron chi connectivity index (χ4n) is 1.50. The number of aromatic nitrogens is 2. The van der Waals surface area contributed by atoms with Gasteiger partial charge in [-0.2, -0.15) is 0 Å². The smallest absolute Gasteiger partial charge is 0.269 e. The molecule has 16 heavy (non-hydrogen) atoms. The van der Waals surface area contributed by atoms with Gasteiger partial charge in [-0.15, -0.1) is 0 Å². The summed E-state index contributed by atoms with van der Waals surface area (Å²) in [5, 5.41) is 2.49. The van der Waals surface area contributed by atoms with Gasteiger partial charge < -0.3 is 11.1 Å². The van der Waals surface area contributed by atoms with Crippen molar-refractivity contribution in [1.29, 1.82) is 0 Å². The lowest BCUT2D eigenvalue weighted by molar-refractivity contribution is 0.0955. The normalized spacial score (nSPS) is 10.3. The molecule has 0 saturated heterocycles. The summed E-state index contributed by atoms with van der Waals surface area (Å²) >= 11 is 0. The zero-order chi connectivity index (χ0) is 11.7. The Hall–Kier alpha value is -2.37. The number of carbonyl (C=O) groups is 2. The lowest BCUT2D eigenvalue weighted by Gasteiger charge is -2.01. The molecule has 0 atom stereocenters. The van der Waals surface area contributed by atoms with Gasteiger partial charge in [0.2, 0.25) is 0 Å². The van der Waals surface area contributed by atoms with Crippen molar-refractivity contribution < 1.29 is 9.59 Å². The van der Waals surface area contributed by atoms with Crippen LogP contribution >= 0.6 is 0 Å². The van der Waals surface area contributed by atoms with Crippen molar-refractivity contribution in [1.82, 2.24) is 14.7 Å². The Morgan fingerprint density at radius 3 is 2.88 bits per heavy atom. The third kappa shape index (κ3) is 1.40. The Kier molecular flexibility index (Phi) is 2.32. The lowest BCUT2D eigenvalue weighted by atomic mass is 10.2. The molecule has 0 aliphatic carbocycles. The van der Waals surface area contributed by atoms with Gasteiger partial charge in [-0.3, -0.25) is 14.0 Å². The molecule has 0 spiro atoms. The number of nitrogens with two attached hydrogens (primary N) is 1. The summed E-state index contributed by atoms with van der Waals surface area (Å²) in [6, 6.07) is 3.21. The molecule has 2 rings (SSSR count). The van der Waals surface area contributed by atoms with E-state index in [4.69, 9.17) is 5.73 Å². The Bertz CT molecular complexity index is 573. The summed E-state index contributed by atoms with van der Waals surface area (Å²) in [5.74, 6) is -0.839. The number of nitrogens with zero attached hydrogens (tertiary/aromatic N) is 2. The van der Waals surface area contributed by atoms with E-state index in [-0.39, 0.29) is 11.5 Å². The third-order valence-corrected chi connectivity index (χ3v) is 2.26. The molecule has 0 aliphatic rings. The van der Waals surface area contributed by atoms with Crippen molar-refractivity contribution in [2.24, 2.45) is 5.73 Å². The fourth-order valence-corrected chi connectivity index (χ4v) is 1.50. The summed E-state index contributed by atoms with van der Waals surface area (Å²) < 4.78 is 1.53. The maximum Gasteiger partial charge on any atom is 0.269 e. The minimum Gasteiger partial charge on any atom is -0.365 e. The number of carbonyl (C=O) groups excluding carboxylic acids is 2. The van der Waals surface area contributed by atoms with Gasteiger partial charge in [0, 0.05) is 13.2 Å². The van der Waals surface area contributed by atoms with E-state index >= 15 is 0 Å². The van der Waals surface area contributed by atoms with Crippen LogP contribution in [0.5, 0.6) is 0 Å². The molecular weight excluding hydrogens is 208 g/mol. The summed E-state index contributed by atoms with van der Waals surface area (Å²) in [5.41, 5.74) is 6.24. The number of rotatable bonds is 2. The quantitative estimate of drug-likeness (QED) is 0.731. The van der Waals surface area contributed by atoms with Crippen LogP contribution in [-0.2, 0) is 0 Å².